The summed E-state index contributed by atoms with van der Waals surface area (Å²) >= 11 is 1.52. The molecule has 1 aromatic heterocycles. The van der Waals surface area contributed by atoms with Crippen molar-refractivity contribution < 1.29 is 15.0 Å². The number of benzene rings is 3. The number of nitrogens with one attached hydrogen (secondary N) is 1. The zero-order chi connectivity index (χ0) is 21.6. The minimum atomic E-state index is -0.951. The summed E-state index contributed by atoms with van der Waals surface area (Å²) in [6, 6.07) is 20.7. The Labute approximate surface area is 184 Å². The Bertz CT molecular complexity index is 1200. The third-order valence-electron chi connectivity index (χ3n) is 5.07. The van der Waals surface area contributed by atoms with Crippen molar-refractivity contribution in [3.63, 3.8) is 0 Å². The zero-order valence-corrected chi connectivity index (χ0v) is 17.5. The van der Waals surface area contributed by atoms with Gasteiger partial charge in [0.05, 0.1) is 11.7 Å². The molecule has 0 spiro atoms. The maximum atomic E-state index is 11.1. The first-order valence-corrected chi connectivity index (χ1v) is 10.8. The number of aromatic carboxylic acids is 1. The zero-order valence-electron chi connectivity index (χ0n) is 16.7. The van der Waals surface area contributed by atoms with Crippen molar-refractivity contribution in [1.82, 2.24) is 4.98 Å². The van der Waals surface area contributed by atoms with Crippen LogP contribution in [0.5, 0.6) is 0 Å². The highest BCUT2D eigenvalue weighted by molar-refractivity contribution is 7.13. The Hall–Kier alpha value is -3.48. The molecule has 156 valence electrons. The van der Waals surface area contributed by atoms with Gasteiger partial charge in [-0.2, -0.15) is 0 Å². The fraction of sp³-hybridized carbons (Fsp3) is 0.120. The summed E-state index contributed by atoms with van der Waals surface area (Å²) < 4.78 is 0. The van der Waals surface area contributed by atoms with Crippen LogP contribution < -0.4 is 5.32 Å². The van der Waals surface area contributed by atoms with E-state index < -0.39 is 12.1 Å². The van der Waals surface area contributed by atoms with Crippen LogP contribution in [0.1, 0.15) is 34.0 Å². The number of aliphatic hydroxyl groups is 1. The second-order valence-electron chi connectivity index (χ2n) is 7.21. The molecule has 6 heteroatoms. The number of carboxylic acids is 1. The molecule has 4 rings (SSSR count). The predicted molar refractivity (Wildman–Crippen MR) is 126 cm³/mol. The molecule has 0 saturated heterocycles. The molecule has 0 aliphatic heterocycles. The molecule has 0 bridgehead atoms. The minimum absolute atomic E-state index is 0.246. The van der Waals surface area contributed by atoms with Gasteiger partial charge in [0.2, 0.25) is 0 Å². The van der Waals surface area contributed by atoms with Crippen LogP contribution in [-0.4, -0.2) is 27.7 Å². The third kappa shape index (κ3) is 5.17. The second kappa shape index (κ2) is 9.55. The van der Waals surface area contributed by atoms with Crippen molar-refractivity contribution in [1.29, 1.82) is 0 Å². The van der Waals surface area contributed by atoms with E-state index >= 15 is 0 Å². The first-order valence-electron chi connectivity index (χ1n) is 9.92. The van der Waals surface area contributed by atoms with E-state index in [-0.39, 0.29) is 5.56 Å². The predicted octanol–water partition coefficient (Wildman–Crippen LogP) is 5.61. The van der Waals surface area contributed by atoms with Gasteiger partial charge in [0.1, 0.15) is 0 Å². The number of carbonyl (C=O) groups is 1. The highest BCUT2D eigenvalue weighted by atomic mass is 32.1. The van der Waals surface area contributed by atoms with Crippen LogP contribution in [0.2, 0.25) is 0 Å². The van der Waals surface area contributed by atoms with Gasteiger partial charge < -0.3 is 15.5 Å². The van der Waals surface area contributed by atoms with E-state index in [4.69, 9.17) is 5.11 Å². The average molecular weight is 431 g/mol. The molecule has 0 fully saturated rings. The van der Waals surface area contributed by atoms with E-state index in [9.17, 15) is 9.90 Å². The molecule has 1 heterocycles. The molecule has 0 aliphatic rings. The van der Waals surface area contributed by atoms with Crippen molar-refractivity contribution >= 4 is 39.3 Å². The Morgan fingerprint density at radius 2 is 1.84 bits per heavy atom. The van der Waals surface area contributed by atoms with Crippen LogP contribution in [-0.2, 0) is 0 Å². The summed E-state index contributed by atoms with van der Waals surface area (Å²) in [7, 11) is 0. The molecule has 0 saturated carbocycles. The highest BCUT2D eigenvalue weighted by Gasteiger charge is 2.14. The van der Waals surface area contributed by atoms with Crippen LogP contribution in [0.4, 0.5) is 5.13 Å². The van der Waals surface area contributed by atoms with E-state index in [1.807, 2.05) is 53.9 Å². The number of anilines is 1. The molecule has 3 N–H and O–H groups in total. The van der Waals surface area contributed by atoms with Gasteiger partial charge in [-0.25, -0.2) is 9.78 Å². The van der Waals surface area contributed by atoms with Gasteiger partial charge in [-0.05, 0) is 39.6 Å². The number of carboxylic acid groups (broad SMARTS) is 1. The van der Waals surface area contributed by atoms with Crippen molar-refractivity contribution in [3.05, 3.63) is 101 Å². The van der Waals surface area contributed by atoms with Gasteiger partial charge in [-0.1, -0.05) is 60.7 Å². The monoisotopic (exact) mass is 430 g/mol. The molecule has 0 aliphatic carbocycles. The summed E-state index contributed by atoms with van der Waals surface area (Å²) in [6.07, 6.45) is 3.49. The molecule has 1 unspecified atom stereocenters. The largest absolute Gasteiger partial charge is 0.478 e. The molecule has 31 heavy (non-hydrogen) atoms. The molecule has 1 atom stereocenters. The second-order valence-corrected chi connectivity index (χ2v) is 8.10. The van der Waals surface area contributed by atoms with Gasteiger partial charge >= 0.3 is 5.97 Å². The van der Waals surface area contributed by atoms with Crippen LogP contribution in [0.25, 0.3) is 16.8 Å². The quantitative estimate of drug-likeness (QED) is 0.338. The van der Waals surface area contributed by atoms with Crippen molar-refractivity contribution in [2.24, 2.45) is 0 Å². The standard InChI is InChI=1S/C25H22N2O3S/c28-23(22-7-3-5-19-4-1-2-6-21(19)22)15-18(16-27-25-26-12-13-31-25)14-17-8-10-20(11-9-17)24(29)30/h1-14,23,28H,15-16H2,(H,26,27)(H,29,30). The molecular weight excluding hydrogens is 408 g/mol. The number of thiazole rings is 1. The first kappa shape index (κ1) is 20.8. The summed E-state index contributed by atoms with van der Waals surface area (Å²) in [5.41, 5.74) is 3.00. The number of nitrogens with zero attached hydrogens (tertiary/aromatic N) is 1. The van der Waals surface area contributed by atoms with E-state index in [2.05, 4.69) is 10.3 Å². The van der Waals surface area contributed by atoms with E-state index in [1.54, 1.807) is 30.5 Å². The first-order chi connectivity index (χ1) is 15.1. The van der Waals surface area contributed by atoms with Gasteiger partial charge in [0.15, 0.2) is 5.13 Å². The van der Waals surface area contributed by atoms with Crippen molar-refractivity contribution in [2.75, 3.05) is 11.9 Å². The van der Waals surface area contributed by atoms with Gasteiger partial charge in [0, 0.05) is 24.5 Å². The Morgan fingerprint density at radius 3 is 2.58 bits per heavy atom. The van der Waals surface area contributed by atoms with E-state index in [0.29, 0.717) is 13.0 Å². The number of rotatable bonds is 8. The highest BCUT2D eigenvalue weighted by Crippen LogP contribution is 2.29. The lowest BCUT2D eigenvalue weighted by atomic mass is 9.95. The minimum Gasteiger partial charge on any atom is -0.478 e. The Balaban J connectivity index is 1.60. The lowest BCUT2D eigenvalue weighted by molar-refractivity contribution is 0.0697. The van der Waals surface area contributed by atoms with E-state index in [1.165, 1.54) is 11.3 Å². The number of hydrogen-bond acceptors (Lipinski definition) is 5. The molecule has 0 radical (unpaired) electrons. The van der Waals surface area contributed by atoms with E-state index in [0.717, 1.165) is 32.6 Å². The van der Waals surface area contributed by atoms with Gasteiger partial charge in [-0.15, -0.1) is 11.3 Å². The van der Waals surface area contributed by atoms with Crippen LogP contribution in [0.3, 0.4) is 0 Å². The Kier molecular flexibility index (Phi) is 6.40. The summed E-state index contributed by atoms with van der Waals surface area (Å²) in [5.74, 6) is -0.951. The molecular formula is C25H22N2O3S. The molecule has 0 amide bonds. The SMILES string of the molecule is O=C(O)c1ccc(C=C(CNc2nccs2)CC(O)c2cccc3ccccc23)cc1. The lowest BCUT2D eigenvalue weighted by Gasteiger charge is -2.17. The molecule has 5 nitrogen and oxygen atoms in total. The number of aliphatic hydroxyl groups excluding tert-OH is 1. The van der Waals surface area contributed by atoms with Crippen LogP contribution >= 0.6 is 11.3 Å². The summed E-state index contributed by atoms with van der Waals surface area (Å²) in [6.45, 7) is 0.524. The number of aromatic nitrogens is 1. The van der Waals surface area contributed by atoms with Gasteiger partial charge in [-0.3, -0.25) is 0 Å². The maximum absolute atomic E-state index is 11.1. The summed E-state index contributed by atoms with van der Waals surface area (Å²) in [5, 5.41) is 28.3. The van der Waals surface area contributed by atoms with Crippen molar-refractivity contribution in [2.45, 2.75) is 12.5 Å². The smallest absolute Gasteiger partial charge is 0.335 e. The number of hydrogen-bond donors (Lipinski definition) is 3. The third-order valence-corrected chi connectivity index (χ3v) is 5.80. The normalized spacial score (nSPS) is 12.6. The van der Waals surface area contributed by atoms with Gasteiger partial charge in [0.25, 0.3) is 0 Å². The fourth-order valence-electron chi connectivity index (χ4n) is 3.54. The fourth-order valence-corrected chi connectivity index (χ4v) is 4.07. The van der Waals surface area contributed by atoms with Crippen LogP contribution in [0, 0.1) is 0 Å². The average Bonchev–Trinajstić information content (AvgIpc) is 3.31. The molecule has 3 aromatic carbocycles. The summed E-state index contributed by atoms with van der Waals surface area (Å²) in [4.78, 5) is 15.4. The Morgan fingerprint density at radius 1 is 1.06 bits per heavy atom. The van der Waals surface area contributed by atoms with Crippen LogP contribution in [0.15, 0.2) is 83.9 Å². The lowest BCUT2D eigenvalue weighted by Crippen LogP contribution is -2.09. The topological polar surface area (TPSA) is 82.5 Å². The van der Waals surface area contributed by atoms with Crippen molar-refractivity contribution in [3.8, 4) is 0 Å². The molecule has 4 aromatic rings. The maximum Gasteiger partial charge on any atom is 0.335 e. The number of fused-ring (bicyclic) bond motifs is 1.